The molecule has 4 N–H and O–H groups in total. The molecule has 0 radical (unpaired) electrons. The molecule has 1 saturated heterocycles. The lowest BCUT2D eigenvalue weighted by Gasteiger charge is -2.40. The molecule has 1 fully saturated rings. The summed E-state index contributed by atoms with van der Waals surface area (Å²) in [6, 6.07) is 4.00. The zero-order valence-electron chi connectivity index (χ0n) is 12.1. The van der Waals surface area contributed by atoms with E-state index in [0.717, 1.165) is 0 Å². The molecule has 0 saturated carbocycles. The molecule has 2 amide bonds. The fourth-order valence-corrected chi connectivity index (χ4v) is 2.22. The van der Waals surface area contributed by atoms with Crippen LogP contribution in [0.4, 0.5) is 15.8 Å². The van der Waals surface area contributed by atoms with E-state index in [1.54, 1.807) is 18.7 Å². The van der Waals surface area contributed by atoms with Gasteiger partial charge in [-0.25, -0.2) is 4.39 Å². The van der Waals surface area contributed by atoms with Crippen LogP contribution in [0.5, 0.6) is 0 Å². The first-order chi connectivity index (χ1) is 9.80. The number of halogens is 1. The normalized spacial score (nSPS) is 18.1. The number of nitrogens with zero attached hydrogens (tertiary/aromatic N) is 1. The number of benzene rings is 1. The number of nitrogens with two attached hydrogens (primary N) is 1. The summed E-state index contributed by atoms with van der Waals surface area (Å²) < 4.78 is 13.1. The van der Waals surface area contributed by atoms with E-state index < -0.39 is 11.4 Å². The van der Waals surface area contributed by atoms with E-state index in [0.29, 0.717) is 18.8 Å². The Morgan fingerprint density at radius 1 is 1.52 bits per heavy atom. The van der Waals surface area contributed by atoms with Crippen molar-refractivity contribution in [1.82, 2.24) is 10.2 Å². The molecule has 1 heterocycles. The van der Waals surface area contributed by atoms with Crippen molar-refractivity contribution in [2.75, 3.05) is 30.7 Å². The highest BCUT2D eigenvalue weighted by molar-refractivity contribution is 5.94. The number of rotatable bonds is 3. The molecule has 1 aliphatic heterocycles. The number of nitrogen functional groups attached to an aromatic ring is 1. The zero-order valence-corrected chi connectivity index (χ0v) is 12.1. The second-order valence-electron chi connectivity index (χ2n) is 5.52. The number of anilines is 2. The van der Waals surface area contributed by atoms with Crippen LogP contribution < -0.4 is 16.4 Å². The van der Waals surface area contributed by atoms with Gasteiger partial charge in [0.05, 0.1) is 17.8 Å². The highest BCUT2D eigenvalue weighted by atomic mass is 19.1. The molecule has 0 aliphatic carbocycles. The maximum atomic E-state index is 13.1. The topological polar surface area (TPSA) is 87.5 Å². The largest absolute Gasteiger partial charge is 0.396 e. The van der Waals surface area contributed by atoms with Gasteiger partial charge < -0.3 is 16.4 Å². The van der Waals surface area contributed by atoms with Crippen molar-refractivity contribution in [2.45, 2.75) is 19.4 Å². The first-order valence-corrected chi connectivity index (χ1v) is 6.69. The van der Waals surface area contributed by atoms with Crippen LogP contribution in [-0.4, -0.2) is 41.9 Å². The average molecular weight is 294 g/mol. The van der Waals surface area contributed by atoms with Crippen molar-refractivity contribution in [2.24, 2.45) is 0 Å². The maximum absolute atomic E-state index is 13.1. The Labute approximate surface area is 122 Å². The van der Waals surface area contributed by atoms with Crippen LogP contribution in [-0.2, 0) is 9.59 Å². The lowest BCUT2D eigenvalue weighted by atomic mass is 9.99. The Morgan fingerprint density at radius 3 is 2.90 bits per heavy atom. The van der Waals surface area contributed by atoms with E-state index in [-0.39, 0.29) is 24.0 Å². The van der Waals surface area contributed by atoms with Gasteiger partial charge in [-0.1, -0.05) is 0 Å². The molecule has 7 heteroatoms. The third-order valence-electron chi connectivity index (χ3n) is 3.63. The molecule has 0 aromatic heterocycles. The summed E-state index contributed by atoms with van der Waals surface area (Å²) in [4.78, 5) is 25.7. The number of hydrogen-bond donors (Lipinski definition) is 3. The summed E-state index contributed by atoms with van der Waals surface area (Å²) in [6.45, 7) is 4.73. The average Bonchev–Trinajstić information content (AvgIpc) is 2.40. The van der Waals surface area contributed by atoms with Gasteiger partial charge in [-0.3, -0.25) is 14.5 Å². The van der Waals surface area contributed by atoms with Gasteiger partial charge >= 0.3 is 0 Å². The van der Waals surface area contributed by atoms with E-state index >= 15 is 0 Å². The SMILES string of the molecule is CC1(C)C(=O)NCCN1CC(=O)Nc1ccc(F)c(N)c1. The van der Waals surface area contributed by atoms with Crippen LogP contribution in [0.25, 0.3) is 0 Å². The van der Waals surface area contributed by atoms with Gasteiger partial charge in [0, 0.05) is 18.8 Å². The van der Waals surface area contributed by atoms with Crippen LogP contribution in [0.3, 0.4) is 0 Å². The number of amides is 2. The second kappa shape index (κ2) is 5.69. The number of nitrogens with one attached hydrogen (secondary N) is 2. The minimum Gasteiger partial charge on any atom is -0.396 e. The van der Waals surface area contributed by atoms with Crippen LogP contribution in [0, 0.1) is 5.82 Å². The summed E-state index contributed by atoms with van der Waals surface area (Å²) in [5.74, 6) is -0.904. The molecule has 2 rings (SSSR count). The zero-order chi connectivity index (χ0) is 15.6. The van der Waals surface area contributed by atoms with E-state index in [1.165, 1.54) is 18.2 Å². The Balaban J connectivity index is 2.01. The highest BCUT2D eigenvalue weighted by Crippen LogP contribution is 2.19. The number of hydrogen-bond acceptors (Lipinski definition) is 4. The molecule has 0 unspecified atom stereocenters. The summed E-state index contributed by atoms with van der Waals surface area (Å²) >= 11 is 0. The third-order valence-corrected chi connectivity index (χ3v) is 3.63. The molecule has 114 valence electrons. The lowest BCUT2D eigenvalue weighted by molar-refractivity contribution is -0.136. The summed E-state index contributed by atoms with van der Waals surface area (Å²) in [5, 5.41) is 5.42. The predicted molar refractivity (Wildman–Crippen MR) is 78.1 cm³/mol. The van der Waals surface area contributed by atoms with Crippen molar-refractivity contribution < 1.29 is 14.0 Å². The van der Waals surface area contributed by atoms with Crippen molar-refractivity contribution in [1.29, 1.82) is 0 Å². The molecule has 0 spiro atoms. The Bertz CT molecular complexity index is 574. The monoisotopic (exact) mass is 294 g/mol. The van der Waals surface area contributed by atoms with Crippen LogP contribution in [0.2, 0.25) is 0 Å². The number of carbonyl (C=O) groups excluding carboxylic acids is 2. The molecule has 0 atom stereocenters. The maximum Gasteiger partial charge on any atom is 0.240 e. The fourth-order valence-electron chi connectivity index (χ4n) is 2.22. The molecule has 1 aromatic carbocycles. The Hall–Kier alpha value is -2.15. The molecule has 6 nitrogen and oxygen atoms in total. The lowest BCUT2D eigenvalue weighted by Crippen LogP contribution is -2.62. The van der Waals surface area contributed by atoms with Gasteiger partial charge in [0.15, 0.2) is 0 Å². The highest BCUT2D eigenvalue weighted by Gasteiger charge is 2.38. The van der Waals surface area contributed by atoms with Crippen molar-refractivity contribution in [3.05, 3.63) is 24.0 Å². The molecular formula is C14H19FN4O2. The number of piperazine rings is 1. The van der Waals surface area contributed by atoms with Crippen LogP contribution >= 0.6 is 0 Å². The summed E-state index contributed by atoms with van der Waals surface area (Å²) in [6.07, 6.45) is 0. The minimum absolute atomic E-state index is 0.0227. The van der Waals surface area contributed by atoms with Crippen molar-refractivity contribution in [3.63, 3.8) is 0 Å². The molecule has 1 aliphatic rings. The third kappa shape index (κ3) is 3.30. The van der Waals surface area contributed by atoms with E-state index in [4.69, 9.17) is 5.73 Å². The number of carbonyl (C=O) groups is 2. The van der Waals surface area contributed by atoms with Crippen LogP contribution in [0.15, 0.2) is 18.2 Å². The van der Waals surface area contributed by atoms with Crippen LogP contribution in [0.1, 0.15) is 13.8 Å². The molecule has 1 aromatic rings. The quantitative estimate of drug-likeness (QED) is 0.711. The van der Waals surface area contributed by atoms with Gasteiger partial charge in [0.2, 0.25) is 11.8 Å². The Kier molecular flexibility index (Phi) is 4.13. The van der Waals surface area contributed by atoms with Gasteiger partial charge in [-0.15, -0.1) is 0 Å². The molecular weight excluding hydrogens is 275 g/mol. The molecule has 0 bridgehead atoms. The summed E-state index contributed by atoms with van der Waals surface area (Å²) in [7, 11) is 0. The molecule has 21 heavy (non-hydrogen) atoms. The smallest absolute Gasteiger partial charge is 0.240 e. The second-order valence-corrected chi connectivity index (χ2v) is 5.52. The van der Waals surface area contributed by atoms with Crippen molar-refractivity contribution in [3.8, 4) is 0 Å². The Morgan fingerprint density at radius 2 is 2.24 bits per heavy atom. The van der Waals surface area contributed by atoms with Gasteiger partial charge in [0.1, 0.15) is 5.82 Å². The van der Waals surface area contributed by atoms with E-state index in [2.05, 4.69) is 10.6 Å². The minimum atomic E-state index is -0.739. The first-order valence-electron chi connectivity index (χ1n) is 6.69. The van der Waals surface area contributed by atoms with E-state index in [1.807, 2.05) is 0 Å². The first kappa shape index (κ1) is 15.2. The van der Waals surface area contributed by atoms with E-state index in [9.17, 15) is 14.0 Å². The standard InChI is InChI=1S/C14H19FN4O2/c1-14(2)13(21)17-5-6-19(14)8-12(20)18-9-3-4-10(15)11(16)7-9/h3-4,7H,5-6,8,16H2,1-2H3,(H,17,21)(H,18,20). The van der Waals surface area contributed by atoms with Gasteiger partial charge in [-0.2, -0.15) is 0 Å². The predicted octanol–water partition coefficient (Wildman–Crippen LogP) is 0.557. The van der Waals surface area contributed by atoms with Gasteiger partial charge in [0.25, 0.3) is 0 Å². The summed E-state index contributed by atoms with van der Waals surface area (Å²) in [5.41, 5.74) is 5.12. The fraction of sp³-hybridized carbons (Fsp3) is 0.429. The van der Waals surface area contributed by atoms with Crippen molar-refractivity contribution >= 4 is 23.2 Å². The van der Waals surface area contributed by atoms with Gasteiger partial charge in [-0.05, 0) is 32.0 Å².